The first-order valence-electron chi connectivity index (χ1n) is 6.27. The molecule has 4 heteroatoms. The molecule has 1 fully saturated rings. The lowest BCUT2D eigenvalue weighted by molar-refractivity contribution is 0.316. The Hall–Kier alpha value is -0.380. The average molecular weight is 244 g/mol. The first-order chi connectivity index (χ1) is 7.65. The van der Waals surface area contributed by atoms with Crippen LogP contribution in [0.5, 0.6) is 0 Å². The van der Waals surface area contributed by atoms with E-state index in [9.17, 15) is 0 Å². The minimum atomic E-state index is 0.364. The summed E-state index contributed by atoms with van der Waals surface area (Å²) in [6, 6.07) is 0. The molecule has 0 aromatic carbocycles. The second kappa shape index (κ2) is 7.05. The van der Waals surface area contributed by atoms with Crippen LogP contribution in [0, 0.1) is 5.92 Å². The first-order valence-corrected chi connectivity index (χ1v) is 7.21. The molecule has 1 aliphatic carbocycles. The van der Waals surface area contributed by atoms with Gasteiger partial charge in [0.1, 0.15) is 5.84 Å². The molecular weight excluding hydrogens is 220 g/mol. The van der Waals surface area contributed by atoms with E-state index in [0.29, 0.717) is 17.5 Å². The summed E-state index contributed by atoms with van der Waals surface area (Å²) in [5.74, 6) is 1.23. The molecular formula is C12H24N2OS. The third kappa shape index (κ3) is 4.64. The van der Waals surface area contributed by atoms with Crippen molar-refractivity contribution in [3.05, 3.63) is 0 Å². The third-order valence-electron chi connectivity index (χ3n) is 3.29. The van der Waals surface area contributed by atoms with Gasteiger partial charge in [0.15, 0.2) is 0 Å². The number of hydrogen-bond donors (Lipinski definition) is 2. The standard InChI is InChI=1S/C12H24N2OS/c1-3-10(8-12(13)14-15)16-11-6-4-5-9(2)7-11/h9-11,15H,3-8H2,1-2H3,(H2,13,14). The number of nitrogens with zero attached hydrogens (tertiary/aromatic N) is 1. The van der Waals surface area contributed by atoms with E-state index in [1.807, 2.05) is 11.8 Å². The number of amidine groups is 1. The van der Waals surface area contributed by atoms with Gasteiger partial charge in [0, 0.05) is 16.9 Å². The Morgan fingerprint density at radius 3 is 2.88 bits per heavy atom. The lowest BCUT2D eigenvalue weighted by Gasteiger charge is -2.29. The topological polar surface area (TPSA) is 58.6 Å². The number of hydrogen-bond acceptors (Lipinski definition) is 3. The SMILES string of the molecule is CCC(CC(N)=NO)SC1CCCC(C)C1. The summed E-state index contributed by atoms with van der Waals surface area (Å²) in [6.45, 7) is 4.52. The van der Waals surface area contributed by atoms with Crippen molar-refractivity contribution in [2.75, 3.05) is 0 Å². The average Bonchev–Trinajstić information content (AvgIpc) is 2.28. The maximum absolute atomic E-state index is 8.58. The van der Waals surface area contributed by atoms with Crippen molar-refractivity contribution in [1.29, 1.82) is 0 Å². The van der Waals surface area contributed by atoms with E-state index >= 15 is 0 Å². The molecule has 0 saturated heterocycles. The third-order valence-corrected chi connectivity index (χ3v) is 4.99. The van der Waals surface area contributed by atoms with Crippen LogP contribution in [0.15, 0.2) is 5.16 Å². The summed E-state index contributed by atoms with van der Waals surface area (Å²) < 4.78 is 0. The maximum atomic E-state index is 8.58. The van der Waals surface area contributed by atoms with Crippen molar-refractivity contribution in [3.63, 3.8) is 0 Å². The van der Waals surface area contributed by atoms with Gasteiger partial charge in [-0.1, -0.05) is 31.8 Å². The molecule has 94 valence electrons. The summed E-state index contributed by atoms with van der Waals surface area (Å²) in [5.41, 5.74) is 5.57. The highest BCUT2D eigenvalue weighted by molar-refractivity contribution is 8.00. The number of rotatable bonds is 5. The Kier molecular flexibility index (Phi) is 6.03. The number of oxime groups is 1. The Balaban J connectivity index is 2.37. The Morgan fingerprint density at radius 2 is 2.31 bits per heavy atom. The van der Waals surface area contributed by atoms with Crippen LogP contribution in [0.3, 0.4) is 0 Å². The summed E-state index contributed by atoms with van der Waals surface area (Å²) in [4.78, 5) is 0. The van der Waals surface area contributed by atoms with Gasteiger partial charge < -0.3 is 10.9 Å². The largest absolute Gasteiger partial charge is 0.409 e. The van der Waals surface area contributed by atoms with Crippen LogP contribution < -0.4 is 5.73 Å². The minimum absolute atomic E-state index is 0.364. The molecule has 3 N–H and O–H groups in total. The predicted molar refractivity (Wildman–Crippen MR) is 71.1 cm³/mol. The molecule has 16 heavy (non-hydrogen) atoms. The summed E-state index contributed by atoms with van der Waals surface area (Å²) in [7, 11) is 0. The first kappa shape index (κ1) is 13.7. The van der Waals surface area contributed by atoms with Crippen molar-refractivity contribution in [1.82, 2.24) is 0 Å². The fourth-order valence-electron chi connectivity index (χ4n) is 2.34. The minimum Gasteiger partial charge on any atom is -0.409 e. The van der Waals surface area contributed by atoms with E-state index in [1.54, 1.807) is 0 Å². The molecule has 0 heterocycles. The summed E-state index contributed by atoms with van der Waals surface area (Å²) in [6.07, 6.45) is 7.21. The zero-order chi connectivity index (χ0) is 12.0. The van der Waals surface area contributed by atoms with Gasteiger partial charge >= 0.3 is 0 Å². The van der Waals surface area contributed by atoms with Crippen LogP contribution in [0.25, 0.3) is 0 Å². The van der Waals surface area contributed by atoms with Gasteiger partial charge in [-0.2, -0.15) is 11.8 Å². The van der Waals surface area contributed by atoms with Crippen molar-refractivity contribution >= 4 is 17.6 Å². The monoisotopic (exact) mass is 244 g/mol. The molecule has 0 aromatic heterocycles. The molecule has 0 spiro atoms. The van der Waals surface area contributed by atoms with Gasteiger partial charge in [0.2, 0.25) is 0 Å². The van der Waals surface area contributed by atoms with Crippen LogP contribution in [-0.2, 0) is 0 Å². The lowest BCUT2D eigenvalue weighted by atomic mass is 9.91. The van der Waals surface area contributed by atoms with Crippen molar-refractivity contribution < 1.29 is 5.21 Å². The molecule has 3 unspecified atom stereocenters. The second-order valence-corrected chi connectivity index (χ2v) is 6.46. The van der Waals surface area contributed by atoms with Gasteiger partial charge in [-0.25, -0.2) is 0 Å². The van der Waals surface area contributed by atoms with Crippen LogP contribution >= 0.6 is 11.8 Å². The molecule has 1 aliphatic rings. The Morgan fingerprint density at radius 1 is 1.56 bits per heavy atom. The fourth-order valence-corrected chi connectivity index (χ4v) is 4.08. The fraction of sp³-hybridized carbons (Fsp3) is 0.917. The van der Waals surface area contributed by atoms with Crippen LogP contribution in [0.2, 0.25) is 0 Å². The van der Waals surface area contributed by atoms with Gasteiger partial charge in [0.05, 0.1) is 0 Å². The van der Waals surface area contributed by atoms with Crippen LogP contribution in [0.4, 0.5) is 0 Å². The highest BCUT2D eigenvalue weighted by Crippen LogP contribution is 2.35. The lowest BCUT2D eigenvalue weighted by Crippen LogP contribution is -2.22. The predicted octanol–water partition coefficient (Wildman–Crippen LogP) is 3.21. The zero-order valence-electron chi connectivity index (χ0n) is 10.4. The molecule has 0 radical (unpaired) electrons. The number of nitrogens with two attached hydrogens (primary N) is 1. The molecule has 3 atom stereocenters. The summed E-state index contributed by atoms with van der Waals surface area (Å²) in [5, 5.41) is 12.9. The normalized spacial score (nSPS) is 29.0. The molecule has 1 rings (SSSR count). The Labute approximate surface area is 103 Å². The highest BCUT2D eigenvalue weighted by atomic mass is 32.2. The second-order valence-electron chi connectivity index (χ2n) is 4.86. The molecule has 1 saturated carbocycles. The molecule has 0 aliphatic heterocycles. The molecule has 0 amide bonds. The van der Waals surface area contributed by atoms with Gasteiger partial charge in [-0.15, -0.1) is 0 Å². The van der Waals surface area contributed by atoms with E-state index in [1.165, 1.54) is 25.7 Å². The van der Waals surface area contributed by atoms with Gasteiger partial charge in [0.25, 0.3) is 0 Å². The van der Waals surface area contributed by atoms with Gasteiger partial charge in [-0.3, -0.25) is 0 Å². The zero-order valence-corrected chi connectivity index (χ0v) is 11.2. The highest BCUT2D eigenvalue weighted by Gasteiger charge is 2.22. The van der Waals surface area contributed by atoms with Crippen molar-refractivity contribution in [2.24, 2.45) is 16.8 Å². The molecule has 0 bridgehead atoms. The van der Waals surface area contributed by atoms with E-state index in [4.69, 9.17) is 10.9 Å². The maximum Gasteiger partial charge on any atom is 0.140 e. The Bertz CT molecular complexity index is 233. The molecule has 3 nitrogen and oxygen atoms in total. The van der Waals surface area contributed by atoms with Crippen LogP contribution in [-0.4, -0.2) is 21.5 Å². The van der Waals surface area contributed by atoms with E-state index < -0.39 is 0 Å². The van der Waals surface area contributed by atoms with E-state index in [0.717, 1.165) is 17.6 Å². The quantitative estimate of drug-likeness (QED) is 0.338. The summed E-state index contributed by atoms with van der Waals surface area (Å²) >= 11 is 2.04. The number of thioether (sulfide) groups is 1. The molecule has 0 aromatic rings. The van der Waals surface area contributed by atoms with Crippen LogP contribution in [0.1, 0.15) is 52.4 Å². The van der Waals surface area contributed by atoms with Crippen molar-refractivity contribution in [2.45, 2.75) is 62.9 Å². The van der Waals surface area contributed by atoms with E-state index in [-0.39, 0.29) is 0 Å². The van der Waals surface area contributed by atoms with E-state index in [2.05, 4.69) is 19.0 Å². The van der Waals surface area contributed by atoms with Gasteiger partial charge in [-0.05, 0) is 25.2 Å². The van der Waals surface area contributed by atoms with Crippen molar-refractivity contribution in [3.8, 4) is 0 Å². The smallest absolute Gasteiger partial charge is 0.140 e.